The van der Waals surface area contributed by atoms with Gasteiger partial charge in [-0.15, -0.1) is 0 Å². The van der Waals surface area contributed by atoms with Crippen molar-refractivity contribution in [1.29, 1.82) is 0 Å². The molecule has 0 bridgehead atoms. The van der Waals surface area contributed by atoms with Crippen molar-refractivity contribution in [3.05, 3.63) is 66.1 Å². The Hall–Kier alpha value is -3.56. The fourth-order valence-electron chi connectivity index (χ4n) is 1.98. The van der Waals surface area contributed by atoms with Gasteiger partial charge in [0.05, 0.1) is 5.56 Å². The normalized spacial score (nSPS) is 12.2. The zero-order valence-corrected chi connectivity index (χ0v) is 12.8. The zero-order chi connectivity index (χ0) is 18.7. The van der Waals surface area contributed by atoms with Crippen molar-refractivity contribution in [2.24, 2.45) is 0 Å². The summed E-state index contributed by atoms with van der Waals surface area (Å²) >= 11 is 0. The number of carbonyl (C=O) groups is 1. The Morgan fingerprint density at radius 3 is 2.58 bits per heavy atom. The number of hydrogen-bond donors (Lipinski definition) is 2. The number of aliphatic hydroxyl groups is 1. The minimum absolute atomic E-state index is 0.0196. The van der Waals surface area contributed by atoms with Gasteiger partial charge in [-0.25, -0.2) is 4.98 Å². The molecule has 0 saturated carbocycles. The van der Waals surface area contributed by atoms with Crippen LogP contribution in [0.4, 0.5) is 13.2 Å². The molecule has 2 aromatic heterocycles. The van der Waals surface area contributed by atoms with E-state index in [-0.39, 0.29) is 22.9 Å². The lowest BCUT2D eigenvalue weighted by Crippen LogP contribution is -2.04. The number of carbonyl (C=O) groups excluding carboxylic acids is 1. The molecule has 0 saturated heterocycles. The first-order valence-corrected chi connectivity index (χ1v) is 7.07. The van der Waals surface area contributed by atoms with Crippen LogP contribution in [0.2, 0.25) is 0 Å². The standard InChI is InChI=1S/C16H10F3N3O4/c17-16(18,19)9-1-3-10(4-2-9)26-14-7-25-6-11(14)12(23)5-13(24)15-20-8-21-22-15/h1-8,24H,(H,20,21,22). The van der Waals surface area contributed by atoms with Gasteiger partial charge >= 0.3 is 6.18 Å². The maximum absolute atomic E-state index is 12.6. The number of benzene rings is 1. The van der Waals surface area contributed by atoms with Crippen LogP contribution in [0.3, 0.4) is 0 Å². The lowest BCUT2D eigenvalue weighted by molar-refractivity contribution is -0.137. The van der Waals surface area contributed by atoms with Gasteiger partial charge in [0.1, 0.15) is 30.2 Å². The number of ketones is 1. The Balaban J connectivity index is 1.78. The van der Waals surface area contributed by atoms with Gasteiger partial charge in [-0.2, -0.15) is 18.3 Å². The van der Waals surface area contributed by atoms with Gasteiger partial charge in [-0.1, -0.05) is 0 Å². The number of nitrogens with one attached hydrogen (secondary N) is 1. The quantitative estimate of drug-likeness (QED) is 0.403. The Kier molecular flexibility index (Phi) is 4.48. The molecule has 0 aliphatic carbocycles. The van der Waals surface area contributed by atoms with Gasteiger partial charge < -0.3 is 14.3 Å². The predicted octanol–water partition coefficient (Wildman–Crippen LogP) is 3.99. The van der Waals surface area contributed by atoms with E-state index in [9.17, 15) is 23.1 Å². The third kappa shape index (κ3) is 3.74. The topological polar surface area (TPSA) is 101 Å². The number of alkyl halides is 3. The first-order valence-electron chi connectivity index (χ1n) is 7.07. The average molecular weight is 365 g/mol. The molecule has 3 aromatic rings. The summed E-state index contributed by atoms with van der Waals surface area (Å²) in [4.78, 5) is 15.9. The van der Waals surface area contributed by atoms with E-state index in [1.807, 2.05) is 0 Å². The Morgan fingerprint density at radius 1 is 1.23 bits per heavy atom. The lowest BCUT2D eigenvalue weighted by Gasteiger charge is -2.08. The van der Waals surface area contributed by atoms with Crippen LogP contribution in [0.1, 0.15) is 21.7 Å². The lowest BCUT2D eigenvalue weighted by atomic mass is 10.2. The van der Waals surface area contributed by atoms with Crippen LogP contribution in [0.25, 0.3) is 5.76 Å². The second-order valence-electron chi connectivity index (χ2n) is 4.99. The van der Waals surface area contributed by atoms with E-state index in [4.69, 9.17) is 9.15 Å². The fraction of sp³-hybridized carbons (Fsp3) is 0.0625. The summed E-state index contributed by atoms with van der Waals surface area (Å²) in [6.45, 7) is 0. The molecule has 0 atom stereocenters. The molecule has 7 nitrogen and oxygen atoms in total. The van der Waals surface area contributed by atoms with Crippen LogP contribution in [-0.2, 0) is 6.18 Å². The van der Waals surface area contributed by atoms with Crippen molar-refractivity contribution < 1.29 is 32.2 Å². The molecule has 0 spiro atoms. The molecule has 0 aliphatic rings. The molecule has 2 heterocycles. The van der Waals surface area contributed by atoms with Crippen LogP contribution in [0.5, 0.6) is 11.5 Å². The third-order valence-corrected chi connectivity index (χ3v) is 3.21. The molecule has 26 heavy (non-hydrogen) atoms. The number of nitrogens with zero attached hydrogens (tertiary/aromatic N) is 2. The van der Waals surface area contributed by atoms with Crippen molar-refractivity contribution in [1.82, 2.24) is 15.2 Å². The highest BCUT2D eigenvalue weighted by Crippen LogP contribution is 2.32. The van der Waals surface area contributed by atoms with E-state index in [1.165, 1.54) is 6.33 Å². The number of hydrogen-bond acceptors (Lipinski definition) is 6. The van der Waals surface area contributed by atoms with Crippen LogP contribution >= 0.6 is 0 Å². The second-order valence-corrected chi connectivity index (χ2v) is 4.99. The number of allylic oxidation sites excluding steroid dienone is 1. The van der Waals surface area contributed by atoms with Gasteiger partial charge in [0.25, 0.3) is 0 Å². The van der Waals surface area contributed by atoms with E-state index in [1.54, 1.807) is 0 Å². The second kappa shape index (κ2) is 6.75. The summed E-state index contributed by atoms with van der Waals surface area (Å²) in [5.41, 5.74) is -0.861. The van der Waals surface area contributed by atoms with Crippen molar-refractivity contribution in [3.63, 3.8) is 0 Å². The number of aromatic amines is 1. The summed E-state index contributed by atoms with van der Waals surface area (Å²) in [5.74, 6) is -1.16. The number of H-pyrrole nitrogens is 1. The minimum atomic E-state index is -4.46. The zero-order valence-electron chi connectivity index (χ0n) is 12.8. The van der Waals surface area contributed by atoms with Gasteiger partial charge in [0.15, 0.2) is 17.3 Å². The highest BCUT2D eigenvalue weighted by molar-refractivity contribution is 6.09. The summed E-state index contributed by atoms with van der Waals surface area (Å²) in [7, 11) is 0. The molecule has 0 unspecified atom stereocenters. The van der Waals surface area contributed by atoms with Crippen LogP contribution in [0.15, 0.2) is 53.6 Å². The molecule has 0 aliphatic heterocycles. The highest BCUT2D eigenvalue weighted by atomic mass is 19.4. The van der Waals surface area contributed by atoms with Gasteiger partial charge in [0.2, 0.25) is 5.82 Å². The summed E-state index contributed by atoms with van der Waals surface area (Å²) in [5, 5.41) is 15.8. The number of halogens is 3. The SMILES string of the molecule is O=C(C=C(O)c1nc[nH]n1)c1cocc1Oc1ccc(C(F)(F)F)cc1. The predicted molar refractivity (Wildman–Crippen MR) is 81.5 cm³/mol. The maximum Gasteiger partial charge on any atom is 0.416 e. The van der Waals surface area contributed by atoms with E-state index in [0.29, 0.717) is 0 Å². The average Bonchev–Trinajstić information content (AvgIpc) is 3.26. The number of rotatable bonds is 5. The summed E-state index contributed by atoms with van der Waals surface area (Å²) in [6, 6.07) is 3.94. The van der Waals surface area contributed by atoms with Gasteiger partial charge in [-0.05, 0) is 24.3 Å². The Labute approximate surface area is 143 Å². The fourth-order valence-corrected chi connectivity index (χ4v) is 1.98. The van der Waals surface area contributed by atoms with Crippen LogP contribution in [0, 0.1) is 0 Å². The highest BCUT2D eigenvalue weighted by Gasteiger charge is 2.30. The Bertz CT molecular complexity index is 929. The summed E-state index contributed by atoms with van der Waals surface area (Å²) in [6.07, 6.45) is -0.168. The largest absolute Gasteiger partial charge is 0.504 e. The monoisotopic (exact) mass is 365 g/mol. The number of aliphatic hydroxyl groups excluding tert-OH is 1. The van der Waals surface area contributed by atoms with Crippen LogP contribution < -0.4 is 4.74 Å². The third-order valence-electron chi connectivity index (χ3n) is 3.21. The van der Waals surface area contributed by atoms with Gasteiger partial charge in [0, 0.05) is 6.08 Å². The first-order chi connectivity index (χ1) is 12.3. The van der Waals surface area contributed by atoms with E-state index in [2.05, 4.69) is 15.2 Å². The first kappa shape index (κ1) is 17.3. The van der Waals surface area contributed by atoms with E-state index >= 15 is 0 Å². The van der Waals surface area contributed by atoms with Gasteiger partial charge in [-0.3, -0.25) is 9.89 Å². The minimum Gasteiger partial charge on any atom is -0.504 e. The molecule has 0 amide bonds. The molecule has 134 valence electrons. The molecule has 10 heteroatoms. The molecular formula is C16H10F3N3O4. The molecule has 3 rings (SSSR count). The van der Waals surface area contributed by atoms with Crippen molar-refractivity contribution >= 4 is 11.5 Å². The maximum atomic E-state index is 12.6. The van der Waals surface area contributed by atoms with Crippen molar-refractivity contribution in [2.75, 3.05) is 0 Å². The van der Waals surface area contributed by atoms with Crippen LogP contribution in [-0.4, -0.2) is 26.1 Å². The number of aromatic nitrogens is 3. The van der Waals surface area contributed by atoms with Crippen molar-refractivity contribution in [2.45, 2.75) is 6.18 Å². The number of ether oxygens (including phenoxy) is 1. The van der Waals surface area contributed by atoms with E-state index in [0.717, 1.165) is 42.9 Å². The smallest absolute Gasteiger partial charge is 0.416 e. The Morgan fingerprint density at radius 2 is 1.96 bits per heavy atom. The molecule has 0 radical (unpaired) electrons. The summed E-state index contributed by atoms with van der Waals surface area (Å²) < 4.78 is 48.0. The van der Waals surface area contributed by atoms with Crippen molar-refractivity contribution in [3.8, 4) is 11.5 Å². The molecular weight excluding hydrogens is 355 g/mol. The molecule has 2 N–H and O–H groups in total. The molecule has 0 fully saturated rings. The molecule has 1 aromatic carbocycles. The number of furan rings is 1. The van der Waals surface area contributed by atoms with E-state index < -0.39 is 23.3 Å².